The minimum absolute atomic E-state index is 0.0648. The van der Waals surface area contributed by atoms with E-state index in [9.17, 15) is 22.8 Å². The largest absolute Gasteiger partial charge is 0.573 e. The number of hydrogen-bond donors (Lipinski definition) is 2. The summed E-state index contributed by atoms with van der Waals surface area (Å²) in [5.74, 6) is -0.847. The fraction of sp³-hybridized carbons (Fsp3) is 0.294. The molecule has 1 atom stereocenters. The van der Waals surface area contributed by atoms with Crippen molar-refractivity contribution in [2.45, 2.75) is 32.3 Å². The van der Waals surface area contributed by atoms with Gasteiger partial charge in [-0.3, -0.25) is 9.59 Å². The van der Waals surface area contributed by atoms with Gasteiger partial charge in [0.25, 0.3) is 0 Å². The molecule has 5 nitrogen and oxygen atoms in total. The number of nitrogens with one attached hydrogen (secondary N) is 2. The van der Waals surface area contributed by atoms with Gasteiger partial charge >= 0.3 is 6.36 Å². The number of benzene rings is 1. The molecule has 0 aliphatic rings. The lowest BCUT2D eigenvalue weighted by Gasteiger charge is -2.16. The Kier molecular flexibility index (Phi) is 6.62. The minimum Gasteiger partial charge on any atom is -0.406 e. The summed E-state index contributed by atoms with van der Waals surface area (Å²) in [6.45, 7) is 1.53. The molecule has 0 radical (unpaired) electrons. The van der Waals surface area contributed by atoms with Crippen molar-refractivity contribution in [3.8, 4) is 5.75 Å². The van der Waals surface area contributed by atoms with Crippen LogP contribution in [-0.4, -0.2) is 18.2 Å². The van der Waals surface area contributed by atoms with Crippen LogP contribution in [0.25, 0.3) is 0 Å². The Bertz CT molecular complexity index is 731. The number of carbonyl (C=O) groups excluding carboxylic acids is 2. The summed E-state index contributed by atoms with van der Waals surface area (Å²) in [5.41, 5.74) is 0.625. The van der Waals surface area contributed by atoms with Gasteiger partial charge in [-0.25, -0.2) is 0 Å². The van der Waals surface area contributed by atoms with Gasteiger partial charge in [-0.2, -0.15) is 0 Å². The number of ether oxygens (including phenoxy) is 1. The van der Waals surface area contributed by atoms with E-state index in [-0.39, 0.29) is 30.5 Å². The average Bonchev–Trinajstić information content (AvgIpc) is 3.06. The first kappa shape index (κ1) is 19.8. The molecular formula is C17H17F3N2O3S. The summed E-state index contributed by atoms with van der Waals surface area (Å²) in [7, 11) is 0. The molecule has 0 spiro atoms. The molecule has 2 N–H and O–H groups in total. The van der Waals surface area contributed by atoms with Crippen molar-refractivity contribution in [2.24, 2.45) is 0 Å². The molecule has 1 aromatic carbocycles. The van der Waals surface area contributed by atoms with Crippen LogP contribution in [0.4, 0.5) is 13.2 Å². The molecule has 0 unspecified atom stereocenters. The molecule has 1 heterocycles. The van der Waals surface area contributed by atoms with E-state index in [2.05, 4.69) is 15.4 Å². The van der Waals surface area contributed by atoms with E-state index < -0.39 is 12.4 Å². The zero-order valence-corrected chi connectivity index (χ0v) is 14.6. The molecule has 9 heteroatoms. The minimum atomic E-state index is -4.74. The summed E-state index contributed by atoms with van der Waals surface area (Å²) in [6.07, 6.45) is -4.67. The van der Waals surface area contributed by atoms with E-state index in [1.807, 2.05) is 17.5 Å². The molecule has 26 heavy (non-hydrogen) atoms. The first-order valence-electron chi connectivity index (χ1n) is 7.65. The van der Waals surface area contributed by atoms with Gasteiger partial charge < -0.3 is 15.4 Å². The molecule has 0 aliphatic heterocycles. The van der Waals surface area contributed by atoms with Crippen molar-refractivity contribution in [2.75, 3.05) is 0 Å². The Labute approximate surface area is 152 Å². The number of thiophene rings is 1. The van der Waals surface area contributed by atoms with Gasteiger partial charge in [-0.05, 0) is 29.1 Å². The van der Waals surface area contributed by atoms with E-state index in [0.29, 0.717) is 5.56 Å². The van der Waals surface area contributed by atoms with Crippen molar-refractivity contribution < 1.29 is 27.5 Å². The van der Waals surface area contributed by atoms with Crippen LogP contribution in [0.15, 0.2) is 41.8 Å². The summed E-state index contributed by atoms with van der Waals surface area (Å²) in [5, 5.41) is 7.27. The molecule has 1 aromatic heterocycles. The molecule has 0 saturated carbocycles. The standard InChI is InChI=1S/C17H17F3N2O3S/c1-11(23)22-14(15-3-2-8-26-15)9-16(24)21-10-12-4-6-13(7-5-12)25-17(18,19)20/h2-8,14H,9-10H2,1H3,(H,21,24)(H,22,23)/t14-/m1/s1. The quantitative estimate of drug-likeness (QED) is 0.765. The van der Waals surface area contributed by atoms with Gasteiger partial charge in [0.15, 0.2) is 0 Å². The molecule has 0 aliphatic carbocycles. The van der Waals surface area contributed by atoms with Crippen molar-refractivity contribution in [3.05, 3.63) is 52.2 Å². The maximum Gasteiger partial charge on any atom is 0.573 e. The van der Waals surface area contributed by atoms with Crippen LogP contribution < -0.4 is 15.4 Å². The molecular weight excluding hydrogens is 369 g/mol. The Balaban J connectivity index is 1.88. The molecule has 0 bridgehead atoms. The summed E-state index contributed by atoms with van der Waals surface area (Å²) < 4.78 is 40.1. The Morgan fingerprint density at radius 1 is 1.19 bits per heavy atom. The van der Waals surface area contributed by atoms with E-state index >= 15 is 0 Å². The molecule has 0 fully saturated rings. The number of hydrogen-bond acceptors (Lipinski definition) is 4. The van der Waals surface area contributed by atoms with Crippen LogP contribution in [-0.2, 0) is 16.1 Å². The summed E-state index contributed by atoms with van der Waals surface area (Å²) in [4.78, 5) is 24.3. The lowest BCUT2D eigenvalue weighted by molar-refractivity contribution is -0.274. The maximum absolute atomic E-state index is 12.1. The van der Waals surface area contributed by atoms with Crippen LogP contribution >= 0.6 is 11.3 Å². The maximum atomic E-state index is 12.1. The Hall–Kier alpha value is -2.55. The number of halogens is 3. The number of alkyl halides is 3. The highest BCUT2D eigenvalue weighted by Gasteiger charge is 2.30. The second kappa shape index (κ2) is 8.70. The van der Waals surface area contributed by atoms with E-state index in [1.54, 1.807) is 0 Å². The van der Waals surface area contributed by atoms with E-state index in [0.717, 1.165) is 4.88 Å². The van der Waals surface area contributed by atoms with E-state index in [4.69, 9.17) is 0 Å². The second-order valence-electron chi connectivity index (χ2n) is 5.44. The van der Waals surface area contributed by atoms with Crippen LogP contribution in [0.3, 0.4) is 0 Å². The molecule has 2 amide bonds. The monoisotopic (exact) mass is 386 g/mol. The Morgan fingerprint density at radius 3 is 2.42 bits per heavy atom. The first-order valence-corrected chi connectivity index (χ1v) is 8.53. The van der Waals surface area contributed by atoms with Crippen LogP contribution in [0.2, 0.25) is 0 Å². The third-order valence-electron chi connectivity index (χ3n) is 3.30. The number of amides is 2. The molecule has 2 rings (SSSR count). The lowest BCUT2D eigenvalue weighted by atomic mass is 10.1. The van der Waals surface area contributed by atoms with Crippen LogP contribution in [0, 0.1) is 0 Å². The predicted molar refractivity (Wildman–Crippen MR) is 90.5 cm³/mol. The van der Waals surface area contributed by atoms with Crippen molar-refractivity contribution >= 4 is 23.2 Å². The normalized spacial score (nSPS) is 12.3. The lowest BCUT2D eigenvalue weighted by Crippen LogP contribution is -2.32. The van der Waals surface area contributed by atoms with Gasteiger partial charge in [0.1, 0.15) is 5.75 Å². The van der Waals surface area contributed by atoms with Crippen molar-refractivity contribution in [1.82, 2.24) is 10.6 Å². The Morgan fingerprint density at radius 2 is 1.88 bits per heavy atom. The predicted octanol–water partition coefficient (Wildman–Crippen LogP) is 3.53. The van der Waals surface area contributed by atoms with Gasteiger partial charge in [0.05, 0.1) is 12.5 Å². The molecule has 140 valence electrons. The average molecular weight is 386 g/mol. The fourth-order valence-electron chi connectivity index (χ4n) is 2.22. The third-order valence-corrected chi connectivity index (χ3v) is 4.29. The number of carbonyl (C=O) groups is 2. The zero-order valence-electron chi connectivity index (χ0n) is 13.8. The van der Waals surface area contributed by atoms with Crippen molar-refractivity contribution in [3.63, 3.8) is 0 Å². The second-order valence-corrected chi connectivity index (χ2v) is 6.42. The molecule has 2 aromatic rings. The highest BCUT2D eigenvalue weighted by atomic mass is 32.1. The van der Waals surface area contributed by atoms with Gasteiger partial charge in [0.2, 0.25) is 11.8 Å². The number of rotatable bonds is 7. The molecule has 0 saturated heterocycles. The zero-order chi connectivity index (χ0) is 19.2. The van der Waals surface area contributed by atoms with Crippen LogP contribution in [0.1, 0.15) is 29.8 Å². The van der Waals surface area contributed by atoms with Gasteiger partial charge in [0, 0.05) is 18.3 Å². The topological polar surface area (TPSA) is 67.4 Å². The summed E-state index contributed by atoms with van der Waals surface area (Å²) in [6, 6.07) is 8.48. The van der Waals surface area contributed by atoms with E-state index in [1.165, 1.54) is 42.5 Å². The first-order chi connectivity index (χ1) is 12.2. The van der Waals surface area contributed by atoms with Gasteiger partial charge in [-0.1, -0.05) is 18.2 Å². The van der Waals surface area contributed by atoms with Gasteiger partial charge in [-0.15, -0.1) is 24.5 Å². The smallest absolute Gasteiger partial charge is 0.406 e. The fourth-order valence-corrected chi connectivity index (χ4v) is 3.00. The van der Waals surface area contributed by atoms with Crippen molar-refractivity contribution in [1.29, 1.82) is 0 Å². The van der Waals surface area contributed by atoms with Crippen LogP contribution in [0.5, 0.6) is 5.75 Å². The highest BCUT2D eigenvalue weighted by molar-refractivity contribution is 7.10. The highest BCUT2D eigenvalue weighted by Crippen LogP contribution is 2.23. The SMILES string of the molecule is CC(=O)N[C@H](CC(=O)NCc1ccc(OC(F)(F)F)cc1)c1cccs1. The third kappa shape index (κ3) is 6.75. The summed E-state index contributed by atoms with van der Waals surface area (Å²) >= 11 is 1.43.